The molecule has 1 aliphatic rings. The summed E-state index contributed by atoms with van der Waals surface area (Å²) >= 11 is 1.27. The highest BCUT2D eigenvalue weighted by Crippen LogP contribution is 2.31. The zero-order chi connectivity index (χ0) is 24.4. The second-order valence-corrected chi connectivity index (χ2v) is 8.84. The number of allylic oxidation sites excluding steroid dienone is 1. The molecule has 0 bridgehead atoms. The van der Waals surface area contributed by atoms with Crippen LogP contribution in [0.15, 0.2) is 69.6 Å². The maximum absolute atomic E-state index is 13.6. The molecule has 0 N–H and O–H groups in total. The van der Waals surface area contributed by atoms with E-state index in [1.165, 1.54) is 23.0 Å². The number of fused-ring (bicyclic) bond motifs is 1. The van der Waals surface area contributed by atoms with E-state index in [0.29, 0.717) is 31.7 Å². The van der Waals surface area contributed by atoms with Crippen LogP contribution in [0.2, 0.25) is 0 Å². The highest BCUT2D eigenvalue weighted by atomic mass is 32.1. The zero-order valence-corrected chi connectivity index (χ0v) is 20.1. The van der Waals surface area contributed by atoms with Gasteiger partial charge < -0.3 is 9.47 Å². The first-order valence-electron chi connectivity index (χ1n) is 10.8. The Labute approximate surface area is 200 Å². The Morgan fingerprint density at radius 1 is 1.06 bits per heavy atom. The Kier molecular flexibility index (Phi) is 6.61. The summed E-state index contributed by atoms with van der Waals surface area (Å²) < 4.78 is 12.1. The number of aromatic nitrogens is 1. The number of ether oxygens (including phenoxy) is 2. The van der Waals surface area contributed by atoms with Crippen LogP contribution in [0.25, 0.3) is 6.08 Å². The van der Waals surface area contributed by atoms with E-state index in [9.17, 15) is 14.4 Å². The average molecular weight is 477 g/mol. The number of aryl methyl sites for hydroxylation is 1. The van der Waals surface area contributed by atoms with Crippen molar-refractivity contribution in [2.45, 2.75) is 26.8 Å². The predicted molar refractivity (Wildman–Crippen MR) is 129 cm³/mol. The number of rotatable bonds is 5. The zero-order valence-electron chi connectivity index (χ0n) is 19.3. The van der Waals surface area contributed by atoms with Gasteiger partial charge in [-0.3, -0.25) is 9.36 Å². The number of esters is 2. The number of benzene rings is 2. The van der Waals surface area contributed by atoms with Gasteiger partial charge in [-0.1, -0.05) is 53.3 Å². The molecule has 0 aliphatic carbocycles. The molecule has 1 aromatic heterocycles. The number of carbonyl (C=O) groups excluding carboxylic acids is 2. The minimum Gasteiger partial charge on any atom is -0.465 e. The van der Waals surface area contributed by atoms with Crippen LogP contribution >= 0.6 is 11.3 Å². The number of hydrogen-bond acceptors (Lipinski definition) is 7. The normalized spacial score (nSPS) is 15.5. The molecule has 34 heavy (non-hydrogen) atoms. The molecular formula is C26H24N2O5S. The van der Waals surface area contributed by atoms with E-state index in [-0.39, 0.29) is 12.2 Å². The molecule has 0 amide bonds. The van der Waals surface area contributed by atoms with E-state index in [4.69, 9.17) is 9.47 Å². The van der Waals surface area contributed by atoms with Crippen molar-refractivity contribution in [3.05, 3.63) is 102 Å². The standard InChI is InChI=1S/C26H24N2O5S/c1-5-33-25(31)21-16(3)27-26-28(22(21)18-10-12-19(13-11-18)24(30)32-4)23(29)20(34-26)14-17-8-6-15(2)7-9-17/h6-14,22H,5H2,1-4H3/b20-14+. The molecule has 1 aliphatic heterocycles. The summed E-state index contributed by atoms with van der Waals surface area (Å²) in [5.41, 5.74) is 3.59. The molecule has 0 spiro atoms. The number of nitrogens with zero attached hydrogens (tertiary/aromatic N) is 2. The van der Waals surface area contributed by atoms with Crippen LogP contribution in [-0.2, 0) is 14.3 Å². The number of methoxy groups -OCH3 is 1. The van der Waals surface area contributed by atoms with Gasteiger partial charge in [0.25, 0.3) is 5.56 Å². The van der Waals surface area contributed by atoms with Gasteiger partial charge in [0.2, 0.25) is 0 Å². The first-order valence-corrected chi connectivity index (χ1v) is 11.6. The fraction of sp³-hybridized carbons (Fsp3) is 0.231. The van der Waals surface area contributed by atoms with Gasteiger partial charge in [0.05, 0.1) is 41.1 Å². The van der Waals surface area contributed by atoms with Crippen LogP contribution in [0.5, 0.6) is 0 Å². The monoisotopic (exact) mass is 476 g/mol. The summed E-state index contributed by atoms with van der Waals surface area (Å²) in [7, 11) is 1.31. The van der Waals surface area contributed by atoms with E-state index in [1.54, 1.807) is 38.1 Å². The lowest BCUT2D eigenvalue weighted by atomic mass is 9.95. The van der Waals surface area contributed by atoms with E-state index in [2.05, 4.69) is 4.99 Å². The molecule has 0 fully saturated rings. The van der Waals surface area contributed by atoms with Crippen LogP contribution in [-0.4, -0.2) is 30.2 Å². The Hall–Kier alpha value is -3.78. The lowest BCUT2D eigenvalue weighted by Gasteiger charge is -2.24. The molecule has 0 radical (unpaired) electrons. The quantitative estimate of drug-likeness (QED) is 0.529. The van der Waals surface area contributed by atoms with Crippen molar-refractivity contribution in [2.75, 3.05) is 13.7 Å². The van der Waals surface area contributed by atoms with Gasteiger partial charge in [-0.05, 0) is 50.1 Å². The van der Waals surface area contributed by atoms with Crippen molar-refractivity contribution >= 4 is 29.4 Å². The highest BCUT2D eigenvalue weighted by Gasteiger charge is 2.33. The van der Waals surface area contributed by atoms with E-state index >= 15 is 0 Å². The third-order valence-corrected chi connectivity index (χ3v) is 6.52. The van der Waals surface area contributed by atoms with Crippen molar-refractivity contribution < 1.29 is 19.1 Å². The van der Waals surface area contributed by atoms with E-state index in [0.717, 1.165) is 11.1 Å². The molecular weight excluding hydrogens is 452 g/mol. The van der Waals surface area contributed by atoms with Crippen molar-refractivity contribution in [3.8, 4) is 0 Å². The molecule has 3 aromatic rings. The van der Waals surface area contributed by atoms with Gasteiger partial charge in [0, 0.05) is 0 Å². The molecule has 0 saturated heterocycles. The molecule has 2 heterocycles. The molecule has 0 saturated carbocycles. The fourth-order valence-electron chi connectivity index (χ4n) is 3.84. The fourth-order valence-corrected chi connectivity index (χ4v) is 4.89. The lowest BCUT2D eigenvalue weighted by molar-refractivity contribution is -0.139. The molecule has 4 rings (SSSR count). The Bertz CT molecular complexity index is 1460. The molecule has 2 aromatic carbocycles. The first kappa shape index (κ1) is 23.4. The Morgan fingerprint density at radius 2 is 1.74 bits per heavy atom. The van der Waals surface area contributed by atoms with Crippen molar-refractivity contribution in [3.63, 3.8) is 0 Å². The van der Waals surface area contributed by atoms with Gasteiger partial charge in [-0.2, -0.15) is 0 Å². The van der Waals surface area contributed by atoms with E-state index in [1.807, 2.05) is 37.3 Å². The molecule has 7 nitrogen and oxygen atoms in total. The summed E-state index contributed by atoms with van der Waals surface area (Å²) in [6.07, 6.45) is 1.82. The van der Waals surface area contributed by atoms with Gasteiger partial charge in [-0.25, -0.2) is 14.6 Å². The van der Waals surface area contributed by atoms with Crippen molar-refractivity contribution in [1.82, 2.24) is 4.57 Å². The summed E-state index contributed by atoms with van der Waals surface area (Å²) in [4.78, 5) is 43.4. The summed E-state index contributed by atoms with van der Waals surface area (Å²) in [6.45, 7) is 5.66. The molecule has 1 unspecified atom stereocenters. The third-order valence-electron chi connectivity index (χ3n) is 5.54. The highest BCUT2D eigenvalue weighted by molar-refractivity contribution is 7.07. The number of thiazole rings is 1. The maximum atomic E-state index is 13.6. The van der Waals surface area contributed by atoms with Gasteiger partial charge in [-0.15, -0.1) is 0 Å². The Morgan fingerprint density at radius 3 is 2.35 bits per heavy atom. The van der Waals surface area contributed by atoms with Gasteiger partial charge >= 0.3 is 11.9 Å². The largest absolute Gasteiger partial charge is 0.465 e. The van der Waals surface area contributed by atoms with Crippen LogP contribution in [0.1, 0.15) is 46.9 Å². The molecule has 8 heteroatoms. The third kappa shape index (κ3) is 4.36. The number of carbonyl (C=O) groups is 2. The summed E-state index contributed by atoms with van der Waals surface area (Å²) in [6, 6.07) is 13.8. The van der Waals surface area contributed by atoms with Crippen LogP contribution in [0.3, 0.4) is 0 Å². The Balaban J connectivity index is 1.91. The summed E-state index contributed by atoms with van der Waals surface area (Å²) in [5, 5.41) is 0. The molecule has 174 valence electrons. The maximum Gasteiger partial charge on any atom is 0.338 e. The smallest absolute Gasteiger partial charge is 0.338 e. The second-order valence-electron chi connectivity index (χ2n) is 7.83. The molecule has 1 atom stereocenters. The van der Waals surface area contributed by atoms with Gasteiger partial charge in [0.1, 0.15) is 0 Å². The minimum absolute atomic E-state index is 0.196. The van der Waals surface area contributed by atoms with Crippen LogP contribution in [0, 0.1) is 6.92 Å². The average Bonchev–Trinajstić information content (AvgIpc) is 3.13. The van der Waals surface area contributed by atoms with Crippen molar-refractivity contribution in [1.29, 1.82) is 0 Å². The second kappa shape index (κ2) is 9.61. The van der Waals surface area contributed by atoms with E-state index < -0.39 is 18.0 Å². The van der Waals surface area contributed by atoms with Crippen LogP contribution < -0.4 is 14.9 Å². The topological polar surface area (TPSA) is 87.0 Å². The first-order chi connectivity index (χ1) is 16.3. The SMILES string of the molecule is CCOC(=O)C1=C(C)N=c2s/c(=C/c3ccc(C)cc3)c(=O)n2C1c1ccc(C(=O)OC)cc1. The predicted octanol–water partition coefficient (Wildman–Crippen LogP) is 2.89. The summed E-state index contributed by atoms with van der Waals surface area (Å²) in [5.74, 6) is -0.996. The lowest BCUT2D eigenvalue weighted by Crippen LogP contribution is -2.40. The van der Waals surface area contributed by atoms with Crippen LogP contribution in [0.4, 0.5) is 0 Å². The van der Waals surface area contributed by atoms with Crippen molar-refractivity contribution in [2.24, 2.45) is 4.99 Å². The number of hydrogen-bond donors (Lipinski definition) is 0. The minimum atomic E-state index is -0.734. The van der Waals surface area contributed by atoms with Gasteiger partial charge in [0.15, 0.2) is 4.80 Å².